The van der Waals surface area contributed by atoms with Crippen molar-refractivity contribution in [3.8, 4) is 0 Å². The lowest BCUT2D eigenvalue weighted by Crippen LogP contribution is -2.27. The maximum Gasteiger partial charge on any atom is 0.413 e. The number of non-ortho nitro benzene ring substituents is 1. The van der Waals surface area contributed by atoms with Crippen molar-refractivity contribution >= 4 is 29.0 Å². The third-order valence-electron chi connectivity index (χ3n) is 2.73. The zero-order valence-corrected chi connectivity index (χ0v) is 13.6. The number of carbonyl (C=O) groups is 1. The molecule has 2 N–H and O–H groups in total. The van der Waals surface area contributed by atoms with Gasteiger partial charge in [0.2, 0.25) is 0 Å². The number of carbonyl (C=O) groups excluding carboxylic acids is 1. The Bertz CT molecular complexity index is 756. The number of rotatable bonds is 4. The molecule has 0 atom stereocenters. The van der Waals surface area contributed by atoms with Crippen LogP contribution in [-0.4, -0.2) is 21.6 Å². The Morgan fingerprint density at radius 3 is 2.58 bits per heavy atom. The number of hydrogen-bond donors (Lipinski definition) is 2. The highest BCUT2D eigenvalue weighted by molar-refractivity contribution is 5.84. The first-order valence-corrected chi connectivity index (χ1v) is 7.20. The zero-order chi connectivity index (χ0) is 17.7. The number of nitrogens with zero attached hydrogens (tertiary/aromatic N) is 2. The van der Waals surface area contributed by atoms with E-state index in [0.717, 1.165) is 0 Å². The van der Waals surface area contributed by atoms with Crippen molar-refractivity contribution in [2.75, 3.05) is 10.6 Å². The van der Waals surface area contributed by atoms with Gasteiger partial charge in [-0.1, -0.05) is 6.07 Å². The molecule has 1 amide bonds. The fourth-order valence-electron chi connectivity index (χ4n) is 1.85. The first-order chi connectivity index (χ1) is 11.2. The highest BCUT2D eigenvalue weighted by atomic mass is 16.6. The molecule has 0 aliphatic rings. The van der Waals surface area contributed by atoms with Crippen molar-refractivity contribution in [2.45, 2.75) is 26.4 Å². The number of benzene rings is 1. The molecule has 8 nitrogen and oxygen atoms in total. The lowest BCUT2D eigenvalue weighted by molar-refractivity contribution is -0.384. The Hall–Kier alpha value is -3.16. The van der Waals surface area contributed by atoms with Crippen LogP contribution in [0.4, 0.5) is 27.7 Å². The van der Waals surface area contributed by atoms with Crippen LogP contribution in [0.2, 0.25) is 0 Å². The van der Waals surface area contributed by atoms with Crippen molar-refractivity contribution in [1.82, 2.24) is 4.98 Å². The van der Waals surface area contributed by atoms with Gasteiger partial charge in [0.05, 0.1) is 4.92 Å². The van der Waals surface area contributed by atoms with Crippen LogP contribution in [-0.2, 0) is 4.74 Å². The molecule has 0 spiro atoms. The van der Waals surface area contributed by atoms with Crippen LogP contribution in [0.1, 0.15) is 20.8 Å². The number of amides is 1. The Morgan fingerprint density at radius 2 is 1.92 bits per heavy atom. The SMILES string of the molecule is CC(C)(C)OC(=O)Nc1cc(Nc2cccc([N+](=O)[O-])c2)ccn1. The molecule has 0 unspecified atom stereocenters. The number of nitrogens with one attached hydrogen (secondary N) is 2. The first kappa shape index (κ1) is 17.2. The van der Waals surface area contributed by atoms with Crippen molar-refractivity contribution in [2.24, 2.45) is 0 Å². The third kappa shape index (κ3) is 5.24. The zero-order valence-electron chi connectivity index (χ0n) is 13.6. The van der Waals surface area contributed by atoms with E-state index in [0.29, 0.717) is 17.2 Å². The normalized spacial score (nSPS) is 10.8. The first-order valence-electron chi connectivity index (χ1n) is 7.20. The molecule has 0 aliphatic carbocycles. The second-order valence-electron chi connectivity index (χ2n) is 5.99. The minimum atomic E-state index is -0.609. The van der Waals surface area contributed by atoms with Crippen molar-refractivity contribution < 1.29 is 14.5 Å². The summed E-state index contributed by atoms with van der Waals surface area (Å²) < 4.78 is 5.16. The average molecular weight is 330 g/mol. The van der Waals surface area contributed by atoms with E-state index in [-0.39, 0.29) is 5.69 Å². The molecule has 0 radical (unpaired) electrons. The summed E-state index contributed by atoms with van der Waals surface area (Å²) in [6.07, 6.45) is 0.898. The van der Waals surface area contributed by atoms with Gasteiger partial charge in [-0.25, -0.2) is 9.78 Å². The molecule has 0 bridgehead atoms. The van der Waals surface area contributed by atoms with Crippen LogP contribution in [0, 0.1) is 10.1 Å². The minimum absolute atomic E-state index is 0.0128. The quantitative estimate of drug-likeness (QED) is 0.646. The Kier molecular flexibility index (Phi) is 4.98. The minimum Gasteiger partial charge on any atom is -0.444 e. The second kappa shape index (κ2) is 6.95. The molecule has 0 saturated heterocycles. The van der Waals surface area contributed by atoms with Gasteiger partial charge in [-0.05, 0) is 32.9 Å². The van der Waals surface area contributed by atoms with Gasteiger partial charge in [-0.3, -0.25) is 15.4 Å². The lowest BCUT2D eigenvalue weighted by Gasteiger charge is -2.19. The van der Waals surface area contributed by atoms with Crippen LogP contribution in [0.15, 0.2) is 42.6 Å². The third-order valence-corrected chi connectivity index (χ3v) is 2.73. The number of pyridine rings is 1. The largest absolute Gasteiger partial charge is 0.444 e. The number of nitro groups is 1. The topological polar surface area (TPSA) is 106 Å². The molecule has 1 heterocycles. The number of hydrogen-bond acceptors (Lipinski definition) is 6. The van der Waals surface area contributed by atoms with Crippen LogP contribution < -0.4 is 10.6 Å². The summed E-state index contributed by atoms with van der Waals surface area (Å²) in [4.78, 5) is 26.1. The van der Waals surface area contributed by atoms with E-state index < -0.39 is 16.6 Å². The molecule has 1 aromatic carbocycles. The van der Waals surface area contributed by atoms with Gasteiger partial charge in [0.1, 0.15) is 11.4 Å². The maximum atomic E-state index is 11.7. The molecule has 2 aromatic rings. The standard InChI is InChI=1S/C16H18N4O4/c1-16(2,3)24-15(21)19-14-10-12(7-8-17-14)18-11-5-4-6-13(9-11)20(22)23/h4-10H,1-3H3,(H2,17,18,19,21). The number of anilines is 3. The summed E-state index contributed by atoms with van der Waals surface area (Å²) in [7, 11) is 0. The Balaban J connectivity index is 2.09. The van der Waals surface area contributed by atoms with Crippen LogP contribution in [0.25, 0.3) is 0 Å². The van der Waals surface area contributed by atoms with Gasteiger partial charge >= 0.3 is 6.09 Å². The monoisotopic (exact) mass is 330 g/mol. The summed E-state index contributed by atoms with van der Waals surface area (Å²) in [5, 5.41) is 16.4. The molecule has 2 rings (SSSR count). The predicted octanol–water partition coefficient (Wildman–Crippen LogP) is 4.08. The summed E-state index contributed by atoms with van der Waals surface area (Å²) in [5.74, 6) is 0.305. The molecular weight excluding hydrogens is 312 g/mol. The smallest absolute Gasteiger partial charge is 0.413 e. The van der Waals surface area contributed by atoms with Gasteiger partial charge in [0, 0.05) is 35.8 Å². The Morgan fingerprint density at radius 1 is 1.21 bits per heavy atom. The molecular formula is C16H18N4O4. The molecule has 126 valence electrons. The Labute approximate surface area is 139 Å². The van der Waals surface area contributed by atoms with Gasteiger partial charge < -0.3 is 10.1 Å². The van der Waals surface area contributed by atoms with E-state index in [1.807, 2.05) is 0 Å². The number of ether oxygens (including phenoxy) is 1. The summed E-state index contributed by atoms with van der Waals surface area (Å²) in [6, 6.07) is 9.40. The highest BCUT2D eigenvalue weighted by Gasteiger charge is 2.16. The predicted molar refractivity (Wildman–Crippen MR) is 90.5 cm³/mol. The van der Waals surface area contributed by atoms with Crippen LogP contribution in [0.3, 0.4) is 0 Å². The van der Waals surface area contributed by atoms with Crippen molar-refractivity contribution in [3.05, 3.63) is 52.7 Å². The van der Waals surface area contributed by atoms with Gasteiger partial charge in [-0.15, -0.1) is 0 Å². The van der Waals surface area contributed by atoms with Crippen LogP contribution >= 0.6 is 0 Å². The lowest BCUT2D eigenvalue weighted by atomic mass is 10.2. The maximum absolute atomic E-state index is 11.7. The van der Waals surface area contributed by atoms with Crippen LogP contribution in [0.5, 0.6) is 0 Å². The molecule has 0 saturated carbocycles. The molecule has 0 fully saturated rings. The summed E-state index contributed by atoms with van der Waals surface area (Å²) in [5.41, 5.74) is 0.555. The van der Waals surface area contributed by atoms with E-state index in [4.69, 9.17) is 4.74 Å². The number of aromatic nitrogens is 1. The van der Waals surface area contributed by atoms with Gasteiger partial charge in [0.25, 0.3) is 5.69 Å². The fourth-order valence-corrected chi connectivity index (χ4v) is 1.85. The summed E-state index contributed by atoms with van der Waals surface area (Å²) >= 11 is 0. The molecule has 8 heteroatoms. The molecule has 1 aromatic heterocycles. The number of nitro benzene ring substituents is 1. The van der Waals surface area contributed by atoms with E-state index in [2.05, 4.69) is 15.6 Å². The van der Waals surface area contributed by atoms with Gasteiger partial charge in [-0.2, -0.15) is 0 Å². The highest BCUT2D eigenvalue weighted by Crippen LogP contribution is 2.22. The van der Waals surface area contributed by atoms with E-state index in [1.165, 1.54) is 18.3 Å². The van der Waals surface area contributed by atoms with E-state index >= 15 is 0 Å². The van der Waals surface area contributed by atoms with Crippen molar-refractivity contribution in [3.63, 3.8) is 0 Å². The van der Waals surface area contributed by atoms with E-state index in [1.54, 1.807) is 45.0 Å². The average Bonchev–Trinajstić information content (AvgIpc) is 2.45. The van der Waals surface area contributed by atoms with E-state index in [9.17, 15) is 14.9 Å². The molecule has 0 aliphatic heterocycles. The molecule has 24 heavy (non-hydrogen) atoms. The summed E-state index contributed by atoms with van der Waals surface area (Å²) in [6.45, 7) is 5.29. The fraction of sp³-hybridized carbons (Fsp3) is 0.250. The van der Waals surface area contributed by atoms with Crippen molar-refractivity contribution in [1.29, 1.82) is 0 Å². The van der Waals surface area contributed by atoms with Gasteiger partial charge in [0.15, 0.2) is 0 Å². The second-order valence-corrected chi connectivity index (χ2v) is 5.99.